The predicted molar refractivity (Wildman–Crippen MR) is 153 cm³/mol. The molecule has 0 aromatic heterocycles. The Hall–Kier alpha value is -4.21. The first kappa shape index (κ1) is 32.0. The van der Waals surface area contributed by atoms with Crippen LogP contribution in [0.4, 0.5) is 16.2 Å². The first-order valence-electron chi connectivity index (χ1n) is 13.4. The number of aromatic carboxylic acids is 1. The summed E-state index contributed by atoms with van der Waals surface area (Å²) in [6.45, 7) is 8.01. The largest absolute Gasteiger partial charge is 0.478 e. The van der Waals surface area contributed by atoms with Crippen molar-refractivity contribution in [2.75, 3.05) is 23.7 Å². The van der Waals surface area contributed by atoms with E-state index in [4.69, 9.17) is 4.74 Å². The molecule has 0 spiro atoms. The topological polar surface area (TPSA) is 142 Å². The maximum atomic E-state index is 13.3. The minimum absolute atomic E-state index is 0.0417. The van der Waals surface area contributed by atoms with Crippen molar-refractivity contribution in [3.63, 3.8) is 0 Å². The molecule has 0 radical (unpaired) electrons. The standard InChI is InChI=1S/C30H39N3O7/c1-6-11-20(12-7-2)27(36)23-15-8-9-16-24(23)32-25(34)18-33(19-26(35)40-30(3,4)5)29(39)31-22-14-10-13-21(17-22)28(37)38/h8-10,13-17,20H,6-7,11-12,18-19H2,1-5H3,(H,31,39)(H,32,34)(H,37,38). The summed E-state index contributed by atoms with van der Waals surface area (Å²) in [6.07, 6.45) is 3.19. The molecule has 0 saturated heterocycles. The third-order valence-corrected chi connectivity index (χ3v) is 5.83. The smallest absolute Gasteiger partial charge is 0.335 e. The van der Waals surface area contributed by atoms with Gasteiger partial charge in [-0.3, -0.25) is 14.4 Å². The third kappa shape index (κ3) is 10.2. The Morgan fingerprint density at radius 1 is 0.900 bits per heavy atom. The molecule has 0 saturated carbocycles. The highest BCUT2D eigenvalue weighted by Crippen LogP contribution is 2.24. The molecule has 10 nitrogen and oxygen atoms in total. The van der Waals surface area contributed by atoms with Crippen LogP contribution in [0.1, 0.15) is 81.0 Å². The summed E-state index contributed by atoms with van der Waals surface area (Å²) in [4.78, 5) is 64.3. The van der Waals surface area contributed by atoms with Crippen LogP contribution in [0.2, 0.25) is 0 Å². The molecular formula is C30H39N3O7. The van der Waals surface area contributed by atoms with Gasteiger partial charge < -0.3 is 25.4 Å². The number of carboxylic acid groups (broad SMARTS) is 1. The Kier molecular flexibility index (Phi) is 11.8. The van der Waals surface area contributed by atoms with Crippen molar-refractivity contribution in [2.45, 2.75) is 65.9 Å². The van der Waals surface area contributed by atoms with Crippen molar-refractivity contribution < 1.29 is 33.8 Å². The highest BCUT2D eigenvalue weighted by molar-refractivity contribution is 6.07. The number of carboxylic acids is 1. The van der Waals surface area contributed by atoms with Gasteiger partial charge in [0.25, 0.3) is 0 Å². The van der Waals surface area contributed by atoms with Gasteiger partial charge in [0.15, 0.2) is 5.78 Å². The van der Waals surface area contributed by atoms with Crippen molar-refractivity contribution >= 4 is 41.0 Å². The predicted octanol–water partition coefficient (Wildman–Crippen LogP) is 5.60. The number of ether oxygens (including phenoxy) is 1. The van der Waals surface area contributed by atoms with Gasteiger partial charge in [0.2, 0.25) is 5.91 Å². The molecule has 0 unspecified atom stereocenters. The van der Waals surface area contributed by atoms with E-state index in [2.05, 4.69) is 10.6 Å². The van der Waals surface area contributed by atoms with Gasteiger partial charge in [0, 0.05) is 17.2 Å². The van der Waals surface area contributed by atoms with E-state index in [0.717, 1.165) is 30.6 Å². The fourth-order valence-electron chi connectivity index (χ4n) is 4.16. The lowest BCUT2D eigenvalue weighted by atomic mass is 9.89. The number of anilines is 2. The maximum Gasteiger partial charge on any atom is 0.335 e. The molecule has 0 aliphatic rings. The van der Waals surface area contributed by atoms with Crippen LogP contribution in [0.3, 0.4) is 0 Å². The van der Waals surface area contributed by atoms with Gasteiger partial charge in [-0.05, 0) is 63.9 Å². The average molecular weight is 554 g/mol. The van der Waals surface area contributed by atoms with Crippen LogP contribution in [-0.4, -0.2) is 58.4 Å². The molecule has 40 heavy (non-hydrogen) atoms. The van der Waals surface area contributed by atoms with Crippen LogP contribution in [0.5, 0.6) is 0 Å². The molecule has 3 amide bonds. The van der Waals surface area contributed by atoms with Crippen LogP contribution in [0.25, 0.3) is 0 Å². The SMILES string of the molecule is CCCC(CCC)C(=O)c1ccccc1NC(=O)CN(CC(=O)OC(C)(C)C)C(=O)Nc1cccc(C(=O)O)c1. The average Bonchev–Trinajstić information content (AvgIpc) is 2.87. The molecule has 0 atom stereocenters. The van der Waals surface area contributed by atoms with E-state index in [1.54, 1.807) is 45.0 Å². The number of hydrogen-bond donors (Lipinski definition) is 3. The zero-order valence-electron chi connectivity index (χ0n) is 23.8. The van der Waals surface area contributed by atoms with E-state index in [1.807, 2.05) is 13.8 Å². The Morgan fingerprint density at radius 2 is 1.55 bits per heavy atom. The van der Waals surface area contributed by atoms with Crippen LogP contribution >= 0.6 is 0 Å². The number of esters is 1. The Labute approximate surface area is 235 Å². The molecular weight excluding hydrogens is 514 g/mol. The zero-order chi connectivity index (χ0) is 29.9. The molecule has 3 N–H and O–H groups in total. The van der Waals surface area contributed by atoms with E-state index in [-0.39, 0.29) is 23.0 Å². The van der Waals surface area contributed by atoms with E-state index < -0.39 is 42.6 Å². The molecule has 2 aromatic rings. The van der Waals surface area contributed by atoms with Gasteiger partial charge in [-0.15, -0.1) is 0 Å². The molecule has 10 heteroatoms. The molecule has 2 rings (SSSR count). The first-order valence-corrected chi connectivity index (χ1v) is 13.4. The number of Topliss-reactive ketones (excluding diaryl/α,β-unsaturated/α-hetero) is 1. The lowest BCUT2D eigenvalue weighted by Gasteiger charge is -2.25. The van der Waals surface area contributed by atoms with Crippen molar-refractivity contribution in [3.8, 4) is 0 Å². The van der Waals surface area contributed by atoms with Crippen LogP contribution in [-0.2, 0) is 14.3 Å². The Morgan fingerprint density at radius 3 is 2.15 bits per heavy atom. The quantitative estimate of drug-likeness (QED) is 0.216. The van der Waals surface area contributed by atoms with Crippen LogP contribution in [0, 0.1) is 5.92 Å². The number of ketones is 1. The second kappa shape index (κ2) is 14.8. The Balaban J connectivity index is 2.26. The van der Waals surface area contributed by atoms with Crippen molar-refractivity contribution in [1.82, 2.24) is 4.90 Å². The summed E-state index contributed by atoms with van der Waals surface area (Å²) >= 11 is 0. The van der Waals surface area contributed by atoms with E-state index in [1.165, 1.54) is 24.3 Å². The summed E-state index contributed by atoms with van der Waals surface area (Å²) in [6, 6.07) is 11.5. The fraction of sp³-hybridized carbons (Fsp3) is 0.433. The lowest BCUT2D eigenvalue weighted by molar-refractivity contribution is -0.155. The molecule has 0 heterocycles. The minimum atomic E-state index is -1.17. The molecule has 0 fully saturated rings. The number of para-hydroxylation sites is 1. The summed E-state index contributed by atoms with van der Waals surface area (Å²) in [5, 5.41) is 14.5. The van der Waals surface area contributed by atoms with Gasteiger partial charge in [-0.1, -0.05) is 44.9 Å². The monoisotopic (exact) mass is 553 g/mol. The first-order chi connectivity index (χ1) is 18.8. The Bertz CT molecular complexity index is 1210. The number of carbonyl (C=O) groups excluding carboxylic acids is 4. The van der Waals surface area contributed by atoms with Gasteiger partial charge in [0.05, 0.1) is 11.3 Å². The lowest BCUT2D eigenvalue weighted by Crippen LogP contribution is -2.45. The normalized spacial score (nSPS) is 11.1. The van der Waals surface area contributed by atoms with Gasteiger partial charge in [-0.2, -0.15) is 0 Å². The van der Waals surface area contributed by atoms with Crippen LogP contribution in [0.15, 0.2) is 48.5 Å². The van der Waals surface area contributed by atoms with Crippen molar-refractivity contribution in [1.29, 1.82) is 0 Å². The molecule has 2 aromatic carbocycles. The number of urea groups is 1. The number of hydrogen-bond acceptors (Lipinski definition) is 6. The number of benzene rings is 2. The molecule has 216 valence electrons. The van der Waals surface area contributed by atoms with E-state index >= 15 is 0 Å². The molecule has 0 bridgehead atoms. The second-order valence-corrected chi connectivity index (χ2v) is 10.5. The van der Waals surface area contributed by atoms with Gasteiger partial charge in [0.1, 0.15) is 18.7 Å². The number of carbonyl (C=O) groups is 5. The fourth-order valence-corrected chi connectivity index (χ4v) is 4.16. The van der Waals surface area contributed by atoms with E-state index in [0.29, 0.717) is 11.3 Å². The van der Waals surface area contributed by atoms with Crippen LogP contribution < -0.4 is 10.6 Å². The summed E-state index contributed by atoms with van der Waals surface area (Å²) in [5.41, 5.74) is 0.0237. The van der Waals surface area contributed by atoms with Crippen molar-refractivity contribution in [2.24, 2.45) is 5.92 Å². The summed E-state index contributed by atoms with van der Waals surface area (Å²) in [7, 11) is 0. The molecule has 0 aliphatic carbocycles. The third-order valence-electron chi connectivity index (χ3n) is 5.83. The highest BCUT2D eigenvalue weighted by atomic mass is 16.6. The highest BCUT2D eigenvalue weighted by Gasteiger charge is 2.26. The number of amides is 3. The number of rotatable bonds is 13. The number of nitrogens with one attached hydrogen (secondary N) is 2. The maximum absolute atomic E-state index is 13.3. The van der Waals surface area contributed by atoms with E-state index in [9.17, 15) is 29.1 Å². The van der Waals surface area contributed by atoms with Gasteiger partial charge in [-0.25, -0.2) is 9.59 Å². The van der Waals surface area contributed by atoms with Gasteiger partial charge >= 0.3 is 18.0 Å². The molecule has 0 aliphatic heterocycles. The van der Waals surface area contributed by atoms with Crippen molar-refractivity contribution in [3.05, 3.63) is 59.7 Å². The minimum Gasteiger partial charge on any atom is -0.478 e. The number of nitrogens with zero attached hydrogens (tertiary/aromatic N) is 1. The summed E-state index contributed by atoms with van der Waals surface area (Å²) < 4.78 is 5.33. The zero-order valence-corrected chi connectivity index (χ0v) is 23.8. The summed E-state index contributed by atoms with van der Waals surface area (Å²) in [5.74, 6) is -2.74. The second-order valence-electron chi connectivity index (χ2n) is 10.5.